The van der Waals surface area contributed by atoms with E-state index in [1.165, 1.54) is 12.1 Å². The van der Waals surface area contributed by atoms with Gasteiger partial charge in [0.2, 0.25) is 0 Å². The van der Waals surface area contributed by atoms with Crippen molar-refractivity contribution in [3.63, 3.8) is 0 Å². The third-order valence-electron chi connectivity index (χ3n) is 4.19. The van der Waals surface area contributed by atoms with Gasteiger partial charge < -0.3 is 15.2 Å². The molecule has 0 amide bonds. The zero-order chi connectivity index (χ0) is 20.0. The molecule has 2 aromatic carbocycles. The molecule has 0 spiro atoms. The Bertz CT molecular complexity index is 916. The second-order valence-corrected chi connectivity index (χ2v) is 6.07. The summed E-state index contributed by atoms with van der Waals surface area (Å²) in [6.45, 7) is 0.891. The van der Waals surface area contributed by atoms with Gasteiger partial charge in [0.1, 0.15) is 0 Å². The van der Waals surface area contributed by atoms with E-state index in [0.29, 0.717) is 19.0 Å². The molecule has 3 rings (SSSR count). The Kier molecular flexibility index (Phi) is 5.98. The van der Waals surface area contributed by atoms with Crippen LogP contribution in [0.15, 0.2) is 72.2 Å². The lowest BCUT2D eigenvalue weighted by atomic mass is 10.1. The first-order valence-electron chi connectivity index (χ1n) is 8.64. The Morgan fingerprint density at radius 2 is 1.75 bits per heavy atom. The fourth-order valence-corrected chi connectivity index (χ4v) is 2.71. The molecular weight excluding hydrogens is 367 g/mol. The van der Waals surface area contributed by atoms with Crippen molar-refractivity contribution in [2.24, 2.45) is 4.99 Å². The number of nitrogens with zero attached hydrogens (tertiary/aromatic N) is 3. The number of rotatable bonds is 5. The maximum atomic E-state index is 12.6. The standard InChI is InChI=1S/C20H20F3N5/c1-24-19(26-12-15-6-8-17(9-7-15)20(21,22)23)27-13-16-4-2-3-5-18(16)28-11-10-25-14-28/h2-11,14H,12-13H2,1H3,(H2,24,26,27). The topological polar surface area (TPSA) is 54.2 Å². The van der Waals surface area contributed by atoms with Gasteiger partial charge in [-0.25, -0.2) is 4.98 Å². The van der Waals surface area contributed by atoms with Gasteiger partial charge in [0, 0.05) is 32.5 Å². The average molecular weight is 387 g/mol. The predicted octanol–water partition coefficient (Wildman–Crippen LogP) is 3.76. The van der Waals surface area contributed by atoms with Crippen molar-refractivity contribution in [1.82, 2.24) is 20.2 Å². The number of imidazole rings is 1. The van der Waals surface area contributed by atoms with Crippen molar-refractivity contribution < 1.29 is 13.2 Å². The van der Waals surface area contributed by atoms with Crippen molar-refractivity contribution in [2.45, 2.75) is 19.3 Å². The zero-order valence-corrected chi connectivity index (χ0v) is 15.2. The van der Waals surface area contributed by atoms with Crippen LogP contribution in [0.5, 0.6) is 0 Å². The van der Waals surface area contributed by atoms with Crippen molar-refractivity contribution >= 4 is 5.96 Å². The van der Waals surface area contributed by atoms with Gasteiger partial charge in [-0.1, -0.05) is 30.3 Å². The van der Waals surface area contributed by atoms with E-state index in [0.717, 1.165) is 28.9 Å². The van der Waals surface area contributed by atoms with Crippen LogP contribution in [-0.2, 0) is 19.3 Å². The van der Waals surface area contributed by atoms with Gasteiger partial charge >= 0.3 is 6.18 Å². The highest BCUT2D eigenvalue weighted by molar-refractivity contribution is 5.79. The summed E-state index contributed by atoms with van der Waals surface area (Å²) in [6, 6.07) is 13.0. The third-order valence-corrected chi connectivity index (χ3v) is 4.19. The van der Waals surface area contributed by atoms with Crippen LogP contribution in [0.2, 0.25) is 0 Å². The number of guanidine groups is 1. The van der Waals surface area contributed by atoms with Gasteiger partial charge in [0.25, 0.3) is 0 Å². The Hall–Kier alpha value is -3.29. The number of benzene rings is 2. The fourth-order valence-electron chi connectivity index (χ4n) is 2.71. The lowest BCUT2D eigenvalue weighted by molar-refractivity contribution is -0.137. The van der Waals surface area contributed by atoms with E-state index in [-0.39, 0.29) is 0 Å². The third kappa shape index (κ3) is 4.91. The molecule has 1 aromatic heterocycles. The smallest absolute Gasteiger partial charge is 0.352 e. The van der Waals surface area contributed by atoms with Crippen LogP contribution >= 0.6 is 0 Å². The highest BCUT2D eigenvalue weighted by atomic mass is 19.4. The molecule has 0 atom stereocenters. The molecule has 28 heavy (non-hydrogen) atoms. The number of hydrogen-bond donors (Lipinski definition) is 2. The predicted molar refractivity (Wildman–Crippen MR) is 102 cm³/mol. The molecule has 0 aliphatic heterocycles. The minimum Gasteiger partial charge on any atom is -0.352 e. The molecule has 8 heteroatoms. The number of hydrogen-bond acceptors (Lipinski definition) is 2. The Morgan fingerprint density at radius 1 is 1.04 bits per heavy atom. The second-order valence-electron chi connectivity index (χ2n) is 6.07. The van der Waals surface area contributed by atoms with E-state index >= 15 is 0 Å². The van der Waals surface area contributed by atoms with Crippen LogP contribution in [-0.4, -0.2) is 22.6 Å². The first-order valence-corrected chi connectivity index (χ1v) is 8.64. The average Bonchev–Trinajstić information content (AvgIpc) is 3.23. The first-order chi connectivity index (χ1) is 13.5. The molecule has 0 saturated carbocycles. The van der Waals surface area contributed by atoms with E-state index in [1.54, 1.807) is 19.6 Å². The van der Waals surface area contributed by atoms with Crippen molar-refractivity contribution in [3.05, 3.63) is 83.9 Å². The van der Waals surface area contributed by atoms with Crippen LogP contribution in [0.4, 0.5) is 13.2 Å². The van der Waals surface area contributed by atoms with Crippen LogP contribution in [0, 0.1) is 0 Å². The van der Waals surface area contributed by atoms with E-state index in [9.17, 15) is 13.2 Å². The fraction of sp³-hybridized carbons (Fsp3) is 0.200. The van der Waals surface area contributed by atoms with E-state index in [4.69, 9.17) is 0 Å². The van der Waals surface area contributed by atoms with Crippen LogP contribution < -0.4 is 10.6 Å². The van der Waals surface area contributed by atoms with Gasteiger partial charge in [0.05, 0.1) is 17.6 Å². The zero-order valence-electron chi connectivity index (χ0n) is 15.2. The summed E-state index contributed by atoms with van der Waals surface area (Å²) in [5.74, 6) is 0.556. The Labute approximate surface area is 161 Å². The van der Waals surface area contributed by atoms with Gasteiger partial charge in [0.15, 0.2) is 5.96 Å². The van der Waals surface area contributed by atoms with Crippen molar-refractivity contribution in [3.8, 4) is 5.69 Å². The molecule has 0 aliphatic rings. The van der Waals surface area contributed by atoms with Crippen molar-refractivity contribution in [2.75, 3.05) is 7.05 Å². The quantitative estimate of drug-likeness (QED) is 0.518. The lowest BCUT2D eigenvalue weighted by Gasteiger charge is -2.15. The summed E-state index contributed by atoms with van der Waals surface area (Å²) >= 11 is 0. The molecule has 0 unspecified atom stereocenters. The maximum absolute atomic E-state index is 12.6. The molecule has 0 saturated heterocycles. The van der Waals surface area contributed by atoms with Crippen molar-refractivity contribution in [1.29, 1.82) is 0 Å². The summed E-state index contributed by atoms with van der Waals surface area (Å²) in [4.78, 5) is 8.23. The highest BCUT2D eigenvalue weighted by Gasteiger charge is 2.29. The van der Waals surface area contributed by atoms with E-state index in [1.807, 2.05) is 35.0 Å². The van der Waals surface area contributed by atoms with Crippen LogP contribution in [0.25, 0.3) is 5.69 Å². The minimum atomic E-state index is -4.33. The number of aromatic nitrogens is 2. The molecular formula is C20H20F3N5. The largest absolute Gasteiger partial charge is 0.416 e. The normalized spacial score (nSPS) is 12.1. The Morgan fingerprint density at radius 3 is 2.39 bits per heavy atom. The van der Waals surface area contributed by atoms with Crippen LogP contribution in [0.3, 0.4) is 0 Å². The first kappa shape index (κ1) is 19.5. The Balaban J connectivity index is 1.59. The number of alkyl halides is 3. The molecule has 0 bridgehead atoms. The minimum absolute atomic E-state index is 0.362. The van der Waals surface area contributed by atoms with Gasteiger partial charge in [-0.05, 0) is 29.3 Å². The molecule has 0 aliphatic carbocycles. The second kappa shape index (κ2) is 8.60. The lowest BCUT2D eigenvalue weighted by Crippen LogP contribution is -2.36. The number of nitrogens with one attached hydrogen (secondary N) is 2. The summed E-state index contributed by atoms with van der Waals surface area (Å²) in [5.41, 5.74) is 2.13. The summed E-state index contributed by atoms with van der Waals surface area (Å²) in [5, 5.41) is 6.33. The molecule has 2 N–H and O–H groups in total. The number of para-hydroxylation sites is 1. The maximum Gasteiger partial charge on any atom is 0.416 e. The summed E-state index contributed by atoms with van der Waals surface area (Å²) in [7, 11) is 1.64. The number of aliphatic imine (C=N–C) groups is 1. The number of halogens is 3. The van der Waals surface area contributed by atoms with E-state index in [2.05, 4.69) is 20.6 Å². The molecule has 0 radical (unpaired) electrons. The van der Waals surface area contributed by atoms with Crippen LogP contribution in [0.1, 0.15) is 16.7 Å². The molecule has 3 aromatic rings. The van der Waals surface area contributed by atoms with Gasteiger partial charge in [-0.15, -0.1) is 0 Å². The molecule has 0 fully saturated rings. The van der Waals surface area contributed by atoms with E-state index < -0.39 is 11.7 Å². The monoisotopic (exact) mass is 387 g/mol. The van der Waals surface area contributed by atoms with Gasteiger partial charge in [-0.3, -0.25) is 4.99 Å². The molecule has 146 valence electrons. The summed E-state index contributed by atoms with van der Waals surface area (Å²) < 4.78 is 39.8. The molecule has 5 nitrogen and oxygen atoms in total. The van der Waals surface area contributed by atoms with Gasteiger partial charge in [-0.2, -0.15) is 13.2 Å². The summed E-state index contributed by atoms with van der Waals surface area (Å²) in [6.07, 6.45) is 0.994. The SMILES string of the molecule is CN=C(NCc1ccc(C(F)(F)F)cc1)NCc1ccccc1-n1ccnc1. The highest BCUT2D eigenvalue weighted by Crippen LogP contribution is 2.29. The molecule has 1 heterocycles.